The van der Waals surface area contributed by atoms with Crippen molar-refractivity contribution in [3.05, 3.63) is 35.4 Å². The number of nitrogens with one attached hydrogen (secondary N) is 1. The van der Waals surface area contributed by atoms with Crippen molar-refractivity contribution in [2.24, 2.45) is 5.92 Å². The summed E-state index contributed by atoms with van der Waals surface area (Å²) in [4.78, 5) is 2.46. The van der Waals surface area contributed by atoms with Gasteiger partial charge in [-0.3, -0.25) is 4.21 Å². The monoisotopic (exact) mass is 321 g/mol. The van der Waals surface area contributed by atoms with Gasteiger partial charge in [-0.25, -0.2) is 0 Å². The van der Waals surface area contributed by atoms with Crippen LogP contribution in [0.4, 0.5) is 0 Å². The summed E-state index contributed by atoms with van der Waals surface area (Å²) in [5.41, 5.74) is 1.98. The van der Waals surface area contributed by atoms with Crippen molar-refractivity contribution in [2.45, 2.75) is 37.9 Å². The summed E-state index contributed by atoms with van der Waals surface area (Å²) in [6.07, 6.45) is 5.42. The van der Waals surface area contributed by atoms with E-state index in [1.54, 1.807) is 6.21 Å². The van der Waals surface area contributed by atoms with Crippen molar-refractivity contribution in [1.82, 2.24) is 4.90 Å². The van der Waals surface area contributed by atoms with Crippen molar-refractivity contribution in [3.8, 4) is 0 Å². The summed E-state index contributed by atoms with van der Waals surface area (Å²) in [7, 11) is 0. The van der Waals surface area contributed by atoms with Gasteiger partial charge in [0.15, 0.2) is 0 Å². The Kier molecular flexibility index (Phi) is 6.73. The van der Waals surface area contributed by atoms with Crippen molar-refractivity contribution >= 4 is 17.3 Å². The van der Waals surface area contributed by atoms with Gasteiger partial charge in [0, 0.05) is 24.4 Å². The fourth-order valence-electron chi connectivity index (χ4n) is 3.10. The van der Waals surface area contributed by atoms with Crippen molar-refractivity contribution in [2.75, 3.05) is 19.6 Å². The number of rotatable bonds is 7. The molecule has 0 radical (unpaired) electrons. The Labute approximate surface area is 135 Å². The Morgan fingerprint density at radius 2 is 1.91 bits per heavy atom. The fourth-order valence-corrected chi connectivity index (χ4v) is 3.56. The van der Waals surface area contributed by atoms with E-state index >= 15 is 0 Å². The van der Waals surface area contributed by atoms with Crippen LogP contribution in [0, 0.1) is 11.3 Å². The molecular formula is C17H25N2O2S-. The van der Waals surface area contributed by atoms with Gasteiger partial charge in [0.2, 0.25) is 0 Å². The first-order chi connectivity index (χ1) is 10.6. The molecule has 1 N–H and O–H groups in total. The number of hydrogen-bond donors (Lipinski definition) is 1. The average Bonchev–Trinajstić information content (AvgIpc) is 2.53. The lowest BCUT2D eigenvalue weighted by molar-refractivity contribution is 0.207. The maximum Gasteiger partial charge on any atom is 0.0353 e. The number of piperidine rings is 1. The SMILES string of the molecule is CC(c1ccc(CS(=O)[O-])cc1)C(C=N)CN1CCCCC1. The molecule has 122 valence electrons. The minimum Gasteiger partial charge on any atom is -0.772 e. The molecule has 4 nitrogen and oxygen atoms in total. The number of nitrogens with zero attached hydrogens (tertiary/aromatic N) is 1. The highest BCUT2D eigenvalue weighted by molar-refractivity contribution is 7.78. The van der Waals surface area contributed by atoms with Gasteiger partial charge in [-0.15, -0.1) is 0 Å². The van der Waals surface area contributed by atoms with Crippen LogP contribution in [0.25, 0.3) is 0 Å². The molecule has 1 aromatic rings. The molecule has 5 heteroatoms. The number of benzene rings is 1. The molecule has 0 aliphatic carbocycles. The van der Waals surface area contributed by atoms with E-state index < -0.39 is 11.1 Å². The zero-order valence-corrected chi connectivity index (χ0v) is 14.0. The van der Waals surface area contributed by atoms with Crippen LogP contribution in [-0.4, -0.2) is 39.5 Å². The molecule has 0 bridgehead atoms. The minimum absolute atomic E-state index is 0.0659. The van der Waals surface area contributed by atoms with E-state index in [0.717, 1.165) is 25.2 Å². The summed E-state index contributed by atoms with van der Waals surface area (Å²) in [6.45, 7) is 5.38. The molecule has 1 heterocycles. The van der Waals surface area contributed by atoms with Gasteiger partial charge in [0.25, 0.3) is 0 Å². The van der Waals surface area contributed by atoms with Crippen LogP contribution in [0.2, 0.25) is 0 Å². The Hall–Kier alpha value is -1.04. The fraction of sp³-hybridized carbons (Fsp3) is 0.588. The summed E-state index contributed by atoms with van der Waals surface area (Å²) in [5, 5.41) is 7.76. The lowest BCUT2D eigenvalue weighted by Crippen LogP contribution is -2.36. The number of hydrogen-bond acceptors (Lipinski definition) is 4. The summed E-state index contributed by atoms with van der Waals surface area (Å²) < 4.78 is 21.5. The standard InChI is InChI=1S/C17H26N2O2S/c1-14(16-7-5-15(6-8-16)13-22(20)21)17(11-18)12-19-9-3-2-4-10-19/h5-8,11,14,17-18H,2-4,9-10,12-13H2,1H3,(H,20,21)/p-1. The van der Waals surface area contributed by atoms with E-state index in [2.05, 4.69) is 11.8 Å². The average molecular weight is 321 g/mol. The second-order valence-electron chi connectivity index (χ2n) is 6.17. The Bertz CT molecular complexity index is 498. The molecular weight excluding hydrogens is 296 g/mol. The zero-order valence-electron chi connectivity index (χ0n) is 13.2. The van der Waals surface area contributed by atoms with Gasteiger partial charge in [0.05, 0.1) is 0 Å². The van der Waals surface area contributed by atoms with Crippen LogP contribution in [-0.2, 0) is 16.8 Å². The smallest absolute Gasteiger partial charge is 0.0353 e. The molecule has 1 aromatic carbocycles. The van der Waals surface area contributed by atoms with Gasteiger partial charge in [-0.1, -0.05) is 48.7 Å². The quantitative estimate of drug-likeness (QED) is 0.620. The van der Waals surface area contributed by atoms with Crippen LogP contribution in [0.3, 0.4) is 0 Å². The first-order valence-electron chi connectivity index (χ1n) is 7.98. The van der Waals surface area contributed by atoms with E-state index in [4.69, 9.17) is 5.41 Å². The molecule has 1 saturated heterocycles. The van der Waals surface area contributed by atoms with Gasteiger partial charge in [0.1, 0.15) is 0 Å². The van der Waals surface area contributed by atoms with Crippen LogP contribution in [0.5, 0.6) is 0 Å². The summed E-state index contributed by atoms with van der Waals surface area (Å²) >= 11 is -2.04. The van der Waals surface area contributed by atoms with Crippen LogP contribution in [0.15, 0.2) is 24.3 Å². The summed E-state index contributed by atoms with van der Waals surface area (Å²) in [5.74, 6) is 0.542. The molecule has 1 fully saturated rings. The van der Waals surface area contributed by atoms with E-state index in [-0.39, 0.29) is 17.6 Å². The van der Waals surface area contributed by atoms with Crippen molar-refractivity contribution in [3.63, 3.8) is 0 Å². The molecule has 22 heavy (non-hydrogen) atoms. The highest BCUT2D eigenvalue weighted by Crippen LogP contribution is 2.25. The predicted octanol–water partition coefficient (Wildman–Crippen LogP) is 2.92. The van der Waals surface area contributed by atoms with E-state index in [9.17, 15) is 8.76 Å². The molecule has 1 aliphatic rings. The van der Waals surface area contributed by atoms with Gasteiger partial charge >= 0.3 is 0 Å². The highest BCUT2D eigenvalue weighted by atomic mass is 32.2. The first kappa shape index (κ1) is 17.3. The third-order valence-electron chi connectivity index (χ3n) is 4.56. The van der Waals surface area contributed by atoms with Gasteiger partial charge in [-0.2, -0.15) is 0 Å². The van der Waals surface area contributed by atoms with Crippen LogP contribution >= 0.6 is 0 Å². The Morgan fingerprint density at radius 1 is 1.27 bits per heavy atom. The molecule has 3 atom stereocenters. The zero-order chi connectivity index (χ0) is 15.9. The largest absolute Gasteiger partial charge is 0.772 e. The third-order valence-corrected chi connectivity index (χ3v) is 5.13. The Balaban J connectivity index is 1.99. The molecule has 3 unspecified atom stereocenters. The Morgan fingerprint density at radius 3 is 2.45 bits per heavy atom. The van der Waals surface area contributed by atoms with E-state index in [0.29, 0.717) is 0 Å². The number of likely N-dealkylation sites (tertiary alicyclic amines) is 1. The van der Waals surface area contributed by atoms with E-state index in [1.807, 2.05) is 24.3 Å². The van der Waals surface area contributed by atoms with Crippen LogP contribution in [0.1, 0.15) is 43.2 Å². The van der Waals surface area contributed by atoms with Crippen molar-refractivity contribution < 1.29 is 8.76 Å². The minimum atomic E-state index is -2.04. The van der Waals surface area contributed by atoms with E-state index in [1.165, 1.54) is 24.8 Å². The molecule has 0 amide bonds. The third kappa shape index (κ3) is 5.00. The maximum atomic E-state index is 10.7. The molecule has 0 saturated carbocycles. The molecule has 0 aromatic heterocycles. The highest BCUT2D eigenvalue weighted by Gasteiger charge is 2.21. The van der Waals surface area contributed by atoms with Crippen molar-refractivity contribution in [1.29, 1.82) is 5.41 Å². The van der Waals surface area contributed by atoms with Gasteiger partial charge in [-0.05, 0) is 43.0 Å². The molecule has 2 rings (SSSR count). The normalized spacial score (nSPS) is 20.3. The lowest BCUT2D eigenvalue weighted by Gasteiger charge is -2.31. The van der Waals surface area contributed by atoms with Crippen LogP contribution < -0.4 is 0 Å². The predicted molar refractivity (Wildman–Crippen MR) is 90.0 cm³/mol. The first-order valence-corrected chi connectivity index (χ1v) is 9.22. The second kappa shape index (κ2) is 8.56. The maximum absolute atomic E-state index is 10.7. The summed E-state index contributed by atoms with van der Waals surface area (Å²) in [6, 6.07) is 7.76. The topological polar surface area (TPSA) is 67.2 Å². The molecule has 0 spiro atoms. The second-order valence-corrected chi connectivity index (χ2v) is 7.07. The molecule has 1 aliphatic heterocycles. The van der Waals surface area contributed by atoms with Gasteiger partial charge < -0.3 is 14.9 Å². The lowest BCUT2D eigenvalue weighted by atomic mass is 9.87.